The number of para-hydroxylation sites is 1. The van der Waals surface area contributed by atoms with Crippen molar-refractivity contribution in [1.29, 1.82) is 0 Å². The number of rotatable bonds is 3. The van der Waals surface area contributed by atoms with Gasteiger partial charge in [-0.05, 0) is 24.5 Å². The maximum absolute atomic E-state index is 11.6. The quantitative estimate of drug-likeness (QED) is 0.815. The molecule has 16 heavy (non-hydrogen) atoms. The van der Waals surface area contributed by atoms with Crippen molar-refractivity contribution in [3.05, 3.63) is 35.6 Å². The summed E-state index contributed by atoms with van der Waals surface area (Å²) in [4.78, 5) is 9.55. The van der Waals surface area contributed by atoms with E-state index in [1.54, 1.807) is 6.07 Å². The number of hydrogen-bond donors (Lipinski definition) is 1. The van der Waals surface area contributed by atoms with E-state index in [-0.39, 0.29) is 0 Å². The molecule has 0 amide bonds. The van der Waals surface area contributed by atoms with Gasteiger partial charge < -0.3 is 9.42 Å². The molecule has 2 rings (SSSR count). The van der Waals surface area contributed by atoms with E-state index in [4.69, 9.17) is 4.52 Å². The summed E-state index contributed by atoms with van der Waals surface area (Å²) in [5, 5.41) is 0. The molecule has 0 aliphatic carbocycles. The monoisotopic (exact) mass is 238 g/mol. The number of unbranched alkanes of at least 4 members (excludes halogenated alkanes) is 1. The Hall–Kier alpha value is -1.05. The van der Waals surface area contributed by atoms with E-state index in [0.717, 1.165) is 30.4 Å². The SMILES string of the molecule is CCCCC1=CP(=O)(O)Oc2ccccc21. The van der Waals surface area contributed by atoms with Gasteiger partial charge in [-0.2, -0.15) is 0 Å². The Morgan fingerprint density at radius 3 is 2.88 bits per heavy atom. The van der Waals surface area contributed by atoms with Gasteiger partial charge in [-0.25, -0.2) is 4.57 Å². The van der Waals surface area contributed by atoms with Crippen molar-refractivity contribution in [3.63, 3.8) is 0 Å². The minimum Gasteiger partial charge on any atom is -0.421 e. The Labute approximate surface area is 95.3 Å². The van der Waals surface area contributed by atoms with Crippen LogP contribution in [0, 0.1) is 0 Å². The molecule has 0 spiro atoms. The third kappa shape index (κ3) is 2.37. The molecule has 0 aromatic heterocycles. The fourth-order valence-corrected chi connectivity index (χ4v) is 2.97. The molecule has 86 valence electrons. The smallest absolute Gasteiger partial charge is 0.401 e. The van der Waals surface area contributed by atoms with Gasteiger partial charge in [-0.15, -0.1) is 0 Å². The van der Waals surface area contributed by atoms with Gasteiger partial charge in [-0.1, -0.05) is 31.5 Å². The molecule has 0 saturated heterocycles. The Morgan fingerprint density at radius 2 is 2.12 bits per heavy atom. The zero-order chi connectivity index (χ0) is 11.6. The molecule has 0 saturated carbocycles. The standard InChI is InChI=1S/C12H15O3P/c1-2-3-6-10-9-16(13,14)15-12-8-5-4-7-11(10)12/h4-5,7-9H,2-3,6H2,1H3,(H,13,14). The molecule has 1 aliphatic rings. The van der Waals surface area contributed by atoms with Crippen LogP contribution >= 0.6 is 7.60 Å². The van der Waals surface area contributed by atoms with Gasteiger partial charge in [0, 0.05) is 11.4 Å². The summed E-state index contributed by atoms with van der Waals surface area (Å²) in [5.74, 6) is 1.90. The first-order valence-corrected chi connectivity index (χ1v) is 7.10. The van der Waals surface area contributed by atoms with Crippen LogP contribution in [0.3, 0.4) is 0 Å². The first kappa shape index (κ1) is 11.4. The zero-order valence-electron chi connectivity index (χ0n) is 9.22. The van der Waals surface area contributed by atoms with E-state index in [1.165, 1.54) is 5.82 Å². The highest BCUT2D eigenvalue weighted by molar-refractivity contribution is 7.57. The van der Waals surface area contributed by atoms with Gasteiger partial charge in [0.1, 0.15) is 5.75 Å². The fourth-order valence-electron chi connectivity index (χ4n) is 1.81. The minimum atomic E-state index is -3.58. The summed E-state index contributed by atoms with van der Waals surface area (Å²) in [6.45, 7) is 2.10. The van der Waals surface area contributed by atoms with Crippen molar-refractivity contribution >= 4 is 13.2 Å². The number of allylic oxidation sites excluding steroid dienone is 1. The van der Waals surface area contributed by atoms with Crippen LogP contribution in [0.15, 0.2) is 30.1 Å². The van der Waals surface area contributed by atoms with Gasteiger partial charge in [-0.3, -0.25) is 0 Å². The van der Waals surface area contributed by atoms with Gasteiger partial charge in [0.2, 0.25) is 0 Å². The molecule has 1 heterocycles. The molecule has 1 aromatic rings. The lowest BCUT2D eigenvalue weighted by Crippen LogP contribution is -2.00. The van der Waals surface area contributed by atoms with Crippen molar-refractivity contribution in [2.24, 2.45) is 0 Å². The molecular formula is C12H15O3P. The topological polar surface area (TPSA) is 46.5 Å². The predicted molar refractivity (Wildman–Crippen MR) is 64.4 cm³/mol. The third-order valence-corrected chi connectivity index (χ3v) is 3.68. The van der Waals surface area contributed by atoms with Crippen LogP contribution in [0.25, 0.3) is 5.57 Å². The highest BCUT2D eigenvalue weighted by Crippen LogP contribution is 2.53. The first-order chi connectivity index (χ1) is 7.62. The Balaban J connectivity index is 2.39. The van der Waals surface area contributed by atoms with Crippen molar-refractivity contribution in [3.8, 4) is 5.75 Å². The summed E-state index contributed by atoms with van der Waals surface area (Å²) in [5.41, 5.74) is 1.87. The lowest BCUT2D eigenvalue weighted by atomic mass is 10.0. The van der Waals surface area contributed by atoms with Gasteiger partial charge >= 0.3 is 7.60 Å². The van der Waals surface area contributed by atoms with Gasteiger partial charge in [0.05, 0.1) is 0 Å². The second-order valence-corrected chi connectivity index (χ2v) is 5.48. The average Bonchev–Trinajstić information content (AvgIpc) is 2.24. The van der Waals surface area contributed by atoms with Crippen LogP contribution < -0.4 is 4.52 Å². The van der Waals surface area contributed by atoms with E-state index in [9.17, 15) is 9.46 Å². The fraction of sp³-hybridized carbons (Fsp3) is 0.333. The predicted octanol–water partition coefficient (Wildman–Crippen LogP) is 3.80. The molecule has 1 N–H and O–H groups in total. The average molecular weight is 238 g/mol. The van der Waals surface area contributed by atoms with E-state index in [0.29, 0.717) is 5.75 Å². The third-order valence-electron chi connectivity index (χ3n) is 2.58. The van der Waals surface area contributed by atoms with Crippen LogP contribution in [0.5, 0.6) is 5.75 Å². The van der Waals surface area contributed by atoms with Crippen LogP contribution in [0.1, 0.15) is 31.7 Å². The summed E-state index contributed by atoms with van der Waals surface area (Å²) in [7, 11) is -3.58. The molecular weight excluding hydrogens is 223 g/mol. The van der Waals surface area contributed by atoms with Crippen molar-refractivity contribution < 1.29 is 14.0 Å². The maximum atomic E-state index is 11.6. The lowest BCUT2D eigenvalue weighted by Gasteiger charge is -2.21. The maximum Gasteiger partial charge on any atom is 0.401 e. The van der Waals surface area contributed by atoms with E-state index in [2.05, 4.69) is 6.92 Å². The molecule has 3 nitrogen and oxygen atoms in total. The second kappa shape index (κ2) is 4.44. The molecule has 4 heteroatoms. The summed E-state index contributed by atoms with van der Waals surface area (Å²) >= 11 is 0. The summed E-state index contributed by atoms with van der Waals surface area (Å²) in [6, 6.07) is 7.38. The van der Waals surface area contributed by atoms with Crippen molar-refractivity contribution in [1.82, 2.24) is 0 Å². The normalized spacial score (nSPS) is 23.2. The van der Waals surface area contributed by atoms with E-state index in [1.807, 2.05) is 18.2 Å². The van der Waals surface area contributed by atoms with Crippen molar-refractivity contribution in [2.45, 2.75) is 26.2 Å². The minimum absolute atomic E-state index is 0.516. The highest BCUT2D eigenvalue weighted by Gasteiger charge is 2.26. The van der Waals surface area contributed by atoms with Crippen LogP contribution in [-0.4, -0.2) is 4.89 Å². The zero-order valence-corrected chi connectivity index (χ0v) is 10.1. The largest absolute Gasteiger partial charge is 0.421 e. The number of hydrogen-bond acceptors (Lipinski definition) is 2. The van der Waals surface area contributed by atoms with E-state index >= 15 is 0 Å². The Bertz CT molecular complexity index is 465. The molecule has 1 unspecified atom stereocenters. The van der Waals surface area contributed by atoms with Crippen molar-refractivity contribution in [2.75, 3.05) is 0 Å². The molecule has 1 atom stereocenters. The van der Waals surface area contributed by atoms with Crippen LogP contribution in [0.4, 0.5) is 0 Å². The van der Waals surface area contributed by atoms with Crippen LogP contribution in [-0.2, 0) is 4.57 Å². The van der Waals surface area contributed by atoms with Gasteiger partial charge in [0.15, 0.2) is 0 Å². The molecule has 1 aromatic carbocycles. The Kier molecular flexibility index (Phi) is 3.17. The summed E-state index contributed by atoms with van der Waals surface area (Å²) < 4.78 is 16.7. The molecule has 0 fully saturated rings. The summed E-state index contributed by atoms with van der Waals surface area (Å²) in [6.07, 6.45) is 2.90. The highest BCUT2D eigenvalue weighted by atomic mass is 31.2. The second-order valence-electron chi connectivity index (χ2n) is 3.91. The molecule has 0 bridgehead atoms. The number of benzene rings is 1. The number of fused-ring (bicyclic) bond motifs is 1. The first-order valence-electron chi connectivity index (χ1n) is 5.45. The van der Waals surface area contributed by atoms with E-state index < -0.39 is 7.60 Å². The molecule has 0 radical (unpaired) electrons. The Morgan fingerprint density at radius 1 is 1.38 bits per heavy atom. The lowest BCUT2D eigenvalue weighted by molar-refractivity contribution is 0.390. The van der Waals surface area contributed by atoms with Crippen LogP contribution in [0.2, 0.25) is 0 Å². The van der Waals surface area contributed by atoms with Gasteiger partial charge in [0.25, 0.3) is 0 Å². The molecule has 1 aliphatic heterocycles.